The van der Waals surface area contributed by atoms with E-state index in [2.05, 4.69) is 11.9 Å². The topological polar surface area (TPSA) is 76.4 Å². The fraction of sp³-hybridized carbons (Fsp3) is 0.625. The first-order valence-corrected chi connectivity index (χ1v) is 3.96. The second-order valence-corrected chi connectivity index (χ2v) is 3.56. The fourth-order valence-electron chi connectivity index (χ4n) is 0.636. The van der Waals surface area contributed by atoms with Crippen molar-refractivity contribution in [2.45, 2.75) is 26.4 Å². The van der Waals surface area contributed by atoms with E-state index in [-0.39, 0.29) is 18.1 Å². The molecule has 5 heteroatoms. The maximum atomic E-state index is 10.7. The molecule has 13 heavy (non-hydrogen) atoms. The summed E-state index contributed by atoms with van der Waals surface area (Å²) in [6, 6.07) is 0. The molecule has 0 aliphatic rings. The fourth-order valence-corrected chi connectivity index (χ4v) is 0.636. The number of hydrazine groups is 1. The van der Waals surface area contributed by atoms with Gasteiger partial charge in [0.2, 0.25) is 0 Å². The molecule has 0 aromatic rings. The molecule has 0 spiro atoms. The van der Waals surface area contributed by atoms with Crippen LogP contribution < -0.4 is 16.6 Å². The normalized spacial score (nSPS) is 10.5. The van der Waals surface area contributed by atoms with Gasteiger partial charge in [0.1, 0.15) is 5.60 Å². The van der Waals surface area contributed by atoms with Crippen LogP contribution in [0.1, 0.15) is 20.8 Å². The van der Waals surface area contributed by atoms with Crippen molar-refractivity contribution in [3.63, 3.8) is 0 Å². The van der Waals surface area contributed by atoms with Gasteiger partial charge in [-0.3, -0.25) is 10.2 Å². The predicted molar refractivity (Wildman–Crippen MR) is 50.3 cm³/mol. The van der Waals surface area contributed by atoms with E-state index in [4.69, 9.17) is 10.6 Å². The van der Waals surface area contributed by atoms with Crippen molar-refractivity contribution >= 4 is 5.91 Å². The summed E-state index contributed by atoms with van der Waals surface area (Å²) in [7, 11) is 0. The maximum Gasteiger partial charge on any atom is 0.253 e. The first kappa shape index (κ1) is 11.8. The number of rotatable bonds is 4. The van der Waals surface area contributed by atoms with Crippen molar-refractivity contribution in [3.8, 4) is 0 Å². The zero-order chi connectivity index (χ0) is 10.5. The highest BCUT2D eigenvalue weighted by atomic mass is 16.5. The van der Waals surface area contributed by atoms with Crippen LogP contribution in [0, 0.1) is 0 Å². The number of nitrogens with one attached hydrogen (secondary N) is 2. The van der Waals surface area contributed by atoms with Gasteiger partial charge in [-0.1, -0.05) is 0 Å². The average molecular weight is 187 g/mol. The molecule has 0 unspecified atom stereocenters. The van der Waals surface area contributed by atoms with Crippen LogP contribution in [0.5, 0.6) is 0 Å². The second-order valence-electron chi connectivity index (χ2n) is 3.56. The molecule has 76 valence electrons. The van der Waals surface area contributed by atoms with Crippen LogP contribution in [0.2, 0.25) is 0 Å². The van der Waals surface area contributed by atoms with E-state index in [1.165, 1.54) is 0 Å². The summed E-state index contributed by atoms with van der Waals surface area (Å²) in [5.74, 6) is 4.91. The first-order valence-electron chi connectivity index (χ1n) is 3.96. The van der Waals surface area contributed by atoms with Crippen LogP contribution >= 0.6 is 0 Å². The molecule has 0 saturated heterocycles. The molecule has 5 nitrogen and oxygen atoms in total. The molecule has 0 radical (unpaired) electrons. The summed E-state index contributed by atoms with van der Waals surface area (Å²) < 4.78 is 5.31. The van der Waals surface area contributed by atoms with Crippen LogP contribution in [0.25, 0.3) is 0 Å². The van der Waals surface area contributed by atoms with Crippen molar-refractivity contribution < 1.29 is 9.53 Å². The van der Waals surface area contributed by atoms with Gasteiger partial charge in [-0.2, -0.15) is 0 Å². The van der Waals surface area contributed by atoms with E-state index in [9.17, 15) is 4.79 Å². The van der Waals surface area contributed by atoms with Gasteiger partial charge >= 0.3 is 0 Å². The Morgan fingerprint density at radius 3 is 2.46 bits per heavy atom. The molecule has 0 aromatic carbocycles. The van der Waals surface area contributed by atoms with Gasteiger partial charge in [0, 0.05) is 0 Å². The van der Waals surface area contributed by atoms with Gasteiger partial charge in [-0.05, 0) is 27.4 Å². The Hall–Kier alpha value is -1.23. The Morgan fingerprint density at radius 2 is 2.08 bits per heavy atom. The molecule has 0 saturated carbocycles. The third kappa shape index (κ3) is 7.14. The summed E-state index contributed by atoms with van der Waals surface area (Å²) in [4.78, 5) is 10.7. The third-order valence-corrected chi connectivity index (χ3v) is 1.04. The van der Waals surface area contributed by atoms with Crippen molar-refractivity contribution in [2.24, 2.45) is 5.84 Å². The molecule has 4 N–H and O–H groups in total. The lowest BCUT2D eigenvalue weighted by atomic mass is 10.2. The molecular formula is C8H17N3O2. The third-order valence-electron chi connectivity index (χ3n) is 1.04. The highest BCUT2D eigenvalue weighted by Crippen LogP contribution is 2.09. The minimum atomic E-state index is -0.321. The van der Waals surface area contributed by atoms with E-state index >= 15 is 0 Å². The minimum Gasteiger partial charge on any atom is -0.474 e. The van der Waals surface area contributed by atoms with Crippen molar-refractivity contribution in [2.75, 3.05) is 6.54 Å². The molecule has 0 atom stereocenters. The van der Waals surface area contributed by atoms with Crippen LogP contribution in [0.3, 0.4) is 0 Å². The molecule has 0 aliphatic heterocycles. The Bertz CT molecular complexity index is 196. The monoisotopic (exact) mass is 187 g/mol. The lowest BCUT2D eigenvalue weighted by Crippen LogP contribution is -2.38. The Morgan fingerprint density at radius 1 is 1.54 bits per heavy atom. The number of amides is 1. The number of hydrogen-bond acceptors (Lipinski definition) is 4. The van der Waals surface area contributed by atoms with Crippen molar-refractivity contribution in [1.29, 1.82) is 0 Å². The van der Waals surface area contributed by atoms with Crippen LogP contribution in [-0.2, 0) is 9.53 Å². The summed E-state index contributed by atoms with van der Waals surface area (Å²) in [5, 5.41) is 2.68. The molecule has 0 aromatic heterocycles. The van der Waals surface area contributed by atoms with Crippen molar-refractivity contribution in [1.82, 2.24) is 10.7 Å². The highest BCUT2D eigenvalue weighted by Gasteiger charge is 2.12. The summed E-state index contributed by atoms with van der Waals surface area (Å²) >= 11 is 0. The predicted octanol–water partition coefficient (Wildman–Crippen LogP) is -0.148. The molecule has 1 amide bonds. The first-order chi connectivity index (χ1) is 5.85. The Kier molecular flexibility index (Phi) is 4.27. The number of ether oxygens (including phenoxy) is 1. The highest BCUT2D eigenvalue weighted by molar-refractivity contribution is 5.77. The van der Waals surface area contributed by atoms with Gasteiger partial charge in [-0.25, -0.2) is 5.84 Å². The van der Waals surface area contributed by atoms with E-state index < -0.39 is 0 Å². The Balaban J connectivity index is 3.71. The van der Waals surface area contributed by atoms with E-state index in [1.54, 1.807) is 0 Å². The molecule has 0 heterocycles. The SMILES string of the molecule is C=C(NCC(=O)NN)OC(C)(C)C. The largest absolute Gasteiger partial charge is 0.474 e. The minimum absolute atomic E-state index is 0.0609. The molecule has 0 bridgehead atoms. The lowest BCUT2D eigenvalue weighted by Gasteiger charge is -2.22. The van der Waals surface area contributed by atoms with Gasteiger partial charge in [-0.15, -0.1) is 0 Å². The van der Waals surface area contributed by atoms with E-state index in [0.29, 0.717) is 5.88 Å². The number of carbonyl (C=O) groups is 1. The molecule has 0 rings (SSSR count). The Labute approximate surface area is 78.3 Å². The van der Waals surface area contributed by atoms with Gasteiger partial charge < -0.3 is 10.1 Å². The maximum absolute atomic E-state index is 10.7. The lowest BCUT2D eigenvalue weighted by molar-refractivity contribution is -0.120. The molecule has 0 aliphatic carbocycles. The number of hydrogen-bond donors (Lipinski definition) is 3. The smallest absolute Gasteiger partial charge is 0.253 e. The second kappa shape index (κ2) is 4.71. The van der Waals surface area contributed by atoms with Crippen LogP contribution in [0.15, 0.2) is 12.5 Å². The van der Waals surface area contributed by atoms with Gasteiger partial charge in [0.25, 0.3) is 5.91 Å². The van der Waals surface area contributed by atoms with E-state index in [1.807, 2.05) is 26.2 Å². The number of carbonyl (C=O) groups excluding carboxylic acids is 1. The average Bonchev–Trinajstić information content (AvgIpc) is 1.97. The zero-order valence-corrected chi connectivity index (χ0v) is 8.31. The van der Waals surface area contributed by atoms with Crippen LogP contribution in [-0.4, -0.2) is 18.1 Å². The molecular weight excluding hydrogens is 170 g/mol. The van der Waals surface area contributed by atoms with Gasteiger partial charge in [0.05, 0.1) is 6.54 Å². The standard InChI is InChI=1S/C8H17N3O2/c1-6(13-8(2,3)4)10-5-7(12)11-9/h10H,1,5,9H2,2-4H3,(H,11,12). The van der Waals surface area contributed by atoms with Gasteiger partial charge in [0.15, 0.2) is 5.88 Å². The zero-order valence-electron chi connectivity index (χ0n) is 8.31. The van der Waals surface area contributed by atoms with Crippen LogP contribution in [0.4, 0.5) is 0 Å². The molecule has 0 fully saturated rings. The van der Waals surface area contributed by atoms with E-state index in [0.717, 1.165) is 0 Å². The van der Waals surface area contributed by atoms with Crippen molar-refractivity contribution in [3.05, 3.63) is 12.5 Å². The summed E-state index contributed by atoms with van der Waals surface area (Å²) in [6.07, 6.45) is 0. The summed E-state index contributed by atoms with van der Waals surface area (Å²) in [6.45, 7) is 9.33. The quantitative estimate of drug-likeness (QED) is 0.248. The summed E-state index contributed by atoms with van der Waals surface area (Å²) in [5.41, 5.74) is 1.67. The number of nitrogens with two attached hydrogens (primary N) is 1.